The molecule has 0 fully saturated rings. The highest BCUT2D eigenvalue weighted by Gasteiger charge is 2.18. The normalized spacial score (nSPS) is 12.3. The van der Waals surface area contributed by atoms with Crippen LogP contribution >= 0.6 is 0 Å². The van der Waals surface area contributed by atoms with Gasteiger partial charge in [0.1, 0.15) is 0 Å². The zero-order valence-electron chi connectivity index (χ0n) is 11.5. The minimum Gasteiger partial charge on any atom is -0.469 e. The van der Waals surface area contributed by atoms with Crippen LogP contribution in [-0.2, 0) is 16.6 Å². The van der Waals surface area contributed by atoms with Gasteiger partial charge in [0.2, 0.25) is 0 Å². The number of rotatable bonds is 5. The maximum absolute atomic E-state index is 12.2. The molecule has 1 aromatic heterocycles. The monoisotopic (exact) mass is 275 g/mol. The Balaban J connectivity index is 2.12. The Morgan fingerprint density at radius 1 is 1.45 bits per heavy atom. The standard InChI is InChI=1S/C14H17N3O3/c1-17-8-16-11-7-9(3-5-12(11)17)14(19)10(15)4-6-13(18)20-2/h3,5,7-8,10H,4,6,15H2,1-2H3. The van der Waals surface area contributed by atoms with Gasteiger partial charge in [-0.15, -0.1) is 0 Å². The van der Waals surface area contributed by atoms with Crippen molar-refractivity contribution in [2.24, 2.45) is 12.8 Å². The van der Waals surface area contributed by atoms with Crippen LogP contribution in [0.4, 0.5) is 0 Å². The number of carbonyl (C=O) groups excluding carboxylic acids is 2. The highest BCUT2D eigenvalue weighted by molar-refractivity contribution is 6.02. The minimum atomic E-state index is -0.713. The van der Waals surface area contributed by atoms with E-state index in [0.29, 0.717) is 5.56 Å². The Labute approximate surface area is 116 Å². The second kappa shape index (κ2) is 5.83. The first-order chi connectivity index (χ1) is 9.52. The fraction of sp³-hybridized carbons (Fsp3) is 0.357. The van der Waals surface area contributed by atoms with Crippen LogP contribution in [0.2, 0.25) is 0 Å². The highest BCUT2D eigenvalue weighted by atomic mass is 16.5. The number of fused-ring (bicyclic) bond motifs is 1. The van der Waals surface area contributed by atoms with Crippen LogP contribution in [0.3, 0.4) is 0 Å². The number of imidazole rings is 1. The zero-order valence-corrected chi connectivity index (χ0v) is 11.5. The first-order valence-electron chi connectivity index (χ1n) is 6.30. The van der Waals surface area contributed by atoms with Crippen molar-refractivity contribution < 1.29 is 14.3 Å². The summed E-state index contributed by atoms with van der Waals surface area (Å²) in [7, 11) is 3.20. The summed E-state index contributed by atoms with van der Waals surface area (Å²) in [6.07, 6.45) is 2.09. The molecule has 6 heteroatoms. The van der Waals surface area contributed by atoms with Crippen molar-refractivity contribution in [1.82, 2.24) is 9.55 Å². The SMILES string of the molecule is COC(=O)CCC(N)C(=O)c1ccc2c(c1)ncn2C. The number of Topliss-reactive ketones (excluding diaryl/α,β-unsaturated/α-hetero) is 1. The van der Waals surface area contributed by atoms with Crippen LogP contribution in [0.5, 0.6) is 0 Å². The number of nitrogens with two attached hydrogens (primary N) is 1. The molecule has 2 aromatic rings. The van der Waals surface area contributed by atoms with Crippen LogP contribution in [0.25, 0.3) is 11.0 Å². The number of hydrogen-bond acceptors (Lipinski definition) is 5. The van der Waals surface area contributed by atoms with Crippen molar-refractivity contribution in [2.75, 3.05) is 7.11 Å². The molecule has 0 saturated heterocycles. The quantitative estimate of drug-likeness (QED) is 0.650. The van der Waals surface area contributed by atoms with E-state index >= 15 is 0 Å². The van der Waals surface area contributed by atoms with Crippen LogP contribution in [0, 0.1) is 0 Å². The van der Waals surface area contributed by atoms with Crippen molar-refractivity contribution in [3.63, 3.8) is 0 Å². The Kier molecular flexibility index (Phi) is 4.14. The zero-order chi connectivity index (χ0) is 14.7. The van der Waals surface area contributed by atoms with E-state index in [2.05, 4.69) is 9.72 Å². The first kappa shape index (κ1) is 14.2. The van der Waals surface area contributed by atoms with E-state index in [1.165, 1.54) is 7.11 Å². The summed E-state index contributed by atoms with van der Waals surface area (Å²) < 4.78 is 6.40. The lowest BCUT2D eigenvalue weighted by molar-refractivity contribution is -0.140. The van der Waals surface area contributed by atoms with Crippen molar-refractivity contribution in [1.29, 1.82) is 0 Å². The summed E-state index contributed by atoms with van der Waals surface area (Å²) in [6, 6.07) is 4.57. The van der Waals surface area contributed by atoms with Gasteiger partial charge in [0, 0.05) is 19.0 Å². The second-order valence-corrected chi connectivity index (χ2v) is 4.64. The molecule has 20 heavy (non-hydrogen) atoms. The Bertz CT molecular complexity index is 648. The number of nitrogens with zero attached hydrogens (tertiary/aromatic N) is 2. The van der Waals surface area contributed by atoms with E-state index in [0.717, 1.165) is 11.0 Å². The lowest BCUT2D eigenvalue weighted by atomic mass is 10.0. The number of carbonyl (C=O) groups is 2. The lowest BCUT2D eigenvalue weighted by Gasteiger charge is -2.09. The lowest BCUT2D eigenvalue weighted by Crippen LogP contribution is -2.31. The molecule has 0 amide bonds. The summed E-state index contributed by atoms with van der Waals surface area (Å²) in [5.41, 5.74) is 8.02. The number of benzene rings is 1. The molecule has 1 atom stereocenters. The van der Waals surface area contributed by atoms with Gasteiger partial charge in [0.15, 0.2) is 5.78 Å². The Morgan fingerprint density at radius 2 is 2.20 bits per heavy atom. The summed E-state index contributed by atoms with van der Waals surface area (Å²) in [6.45, 7) is 0. The number of aryl methyl sites for hydroxylation is 1. The molecular weight excluding hydrogens is 258 g/mol. The molecule has 0 radical (unpaired) electrons. The van der Waals surface area contributed by atoms with Crippen molar-refractivity contribution in [3.8, 4) is 0 Å². The molecule has 0 spiro atoms. The molecule has 0 aliphatic heterocycles. The molecule has 1 heterocycles. The van der Waals surface area contributed by atoms with E-state index in [1.54, 1.807) is 18.5 Å². The number of esters is 1. The second-order valence-electron chi connectivity index (χ2n) is 4.64. The van der Waals surface area contributed by atoms with Gasteiger partial charge in [-0.2, -0.15) is 0 Å². The van der Waals surface area contributed by atoms with Gasteiger partial charge in [-0.25, -0.2) is 4.98 Å². The maximum Gasteiger partial charge on any atom is 0.305 e. The van der Waals surface area contributed by atoms with Crippen molar-refractivity contribution >= 4 is 22.8 Å². The summed E-state index contributed by atoms with van der Waals surface area (Å²) in [4.78, 5) is 27.4. The van der Waals surface area contributed by atoms with Gasteiger partial charge >= 0.3 is 5.97 Å². The molecule has 0 aliphatic carbocycles. The highest BCUT2D eigenvalue weighted by Crippen LogP contribution is 2.15. The number of ketones is 1. The molecule has 0 saturated carbocycles. The molecule has 1 unspecified atom stereocenters. The predicted octanol–water partition coefficient (Wildman–Crippen LogP) is 1.04. The van der Waals surface area contributed by atoms with Crippen molar-refractivity contribution in [3.05, 3.63) is 30.1 Å². The van der Waals surface area contributed by atoms with E-state index < -0.39 is 6.04 Å². The first-order valence-corrected chi connectivity index (χ1v) is 6.30. The predicted molar refractivity (Wildman–Crippen MR) is 74.3 cm³/mol. The van der Waals surface area contributed by atoms with Gasteiger partial charge in [-0.05, 0) is 24.6 Å². The fourth-order valence-corrected chi connectivity index (χ4v) is 2.01. The van der Waals surface area contributed by atoms with Crippen LogP contribution in [0.1, 0.15) is 23.2 Å². The topological polar surface area (TPSA) is 87.2 Å². The van der Waals surface area contributed by atoms with Gasteiger partial charge < -0.3 is 15.0 Å². The van der Waals surface area contributed by atoms with Gasteiger partial charge in [0.25, 0.3) is 0 Å². The minimum absolute atomic E-state index is 0.134. The van der Waals surface area contributed by atoms with Gasteiger partial charge in [-0.3, -0.25) is 9.59 Å². The molecule has 2 N–H and O–H groups in total. The third kappa shape index (κ3) is 2.85. The molecule has 2 rings (SSSR count). The molecular formula is C14H17N3O3. The number of aromatic nitrogens is 2. The average molecular weight is 275 g/mol. The summed E-state index contributed by atoms with van der Waals surface area (Å²) in [5, 5.41) is 0. The van der Waals surface area contributed by atoms with Crippen molar-refractivity contribution in [2.45, 2.75) is 18.9 Å². The molecule has 1 aromatic carbocycles. The van der Waals surface area contributed by atoms with Crippen LogP contribution < -0.4 is 5.73 Å². The smallest absolute Gasteiger partial charge is 0.305 e. The fourth-order valence-electron chi connectivity index (χ4n) is 2.01. The van der Waals surface area contributed by atoms with Crippen LogP contribution in [0.15, 0.2) is 24.5 Å². The number of methoxy groups -OCH3 is 1. The molecule has 6 nitrogen and oxygen atoms in total. The third-order valence-electron chi connectivity index (χ3n) is 3.23. The van der Waals surface area contributed by atoms with E-state index in [1.807, 2.05) is 17.7 Å². The number of hydrogen-bond donors (Lipinski definition) is 1. The third-order valence-corrected chi connectivity index (χ3v) is 3.23. The summed E-state index contributed by atoms with van der Waals surface area (Å²) >= 11 is 0. The molecule has 0 bridgehead atoms. The van der Waals surface area contributed by atoms with Gasteiger partial charge in [-0.1, -0.05) is 0 Å². The summed E-state index contributed by atoms with van der Waals surface area (Å²) in [5.74, 6) is -0.560. The van der Waals surface area contributed by atoms with E-state index in [-0.39, 0.29) is 24.6 Å². The van der Waals surface area contributed by atoms with Gasteiger partial charge in [0.05, 0.1) is 30.5 Å². The van der Waals surface area contributed by atoms with Crippen LogP contribution in [-0.4, -0.2) is 34.5 Å². The Morgan fingerprint density at radius 3 is 2.90 bits per heavy atom. The largest absolute Gasteiger partial charge is 0.469 e. The molecule has 106 valence electrons. The maximum atomic E-state index is 12.2. The number of ether oxygens (including phenoxy) is 1. The molecule has 0 aliphatic rings. The van der Waals surface area contributed by atoms with E-state index in [4.69, 9.17) is 5.73 Å². The Hall–Kier alpha value is -2.21. The average Bonchev–Trinajstić information content (AvgIpc) is 2.84. The van der Waals surface area contributed by atoms with E-state index in [9.17, 15) is 9.59 Å².